The largest absolute Gasteiger partial charge is 0.396 e. The number of rotatable bonds is 10. The van der Waals surface area contributed by atoms with Gasteiger partial charge in [0.05, 0.1) is 6.54 Å². The van der Waals surface area contributed by atoms with Gasteiger partial charge in [-0.1, -0.05) is 27.2 Å². The summed E-state index contributed by atoms with van der Waals surface area (Å²) in [5.41, 5.74) is -0.0797. The molecule has 0 bridgehead atoms. The summed E-state index contributed by atoms with van der Waals surface area (Å²) in [6, 6.07) is 0. The van der Waals surface area contributed by atoms with Crippen molar-refractivity contribution in [3.63, 3.8) is 0 Å². The van der Waals surface area contributed by atoms with Crippen LogP contribution in [-0.4, -0.2) is 37.3 Å². The van der Waals surface area contributed by atoms with E-state index in [2.05, 4.69) is 31.4 Å². The van der Waals surface area contributed by atoms with E-state index in [1.165, 1.54) is 0 Å². The number of carbonyl (C=O) groups excluding carboxylic acids is 1. The van der Waals surface area contributed by atoms with E-state index in [4.69, 9.17) is 0 Å². The smallest absolute Gasteiger partial charge is 0.233 e. The van der Waals surface area contributed by atoms with Crippen LogP contribution in [0.4, 0.5) is 0 Å². The molecule has 0 rings (SSSR count). The van der Waals surface area contributed by atoms with Crippen LogP contribution >= 0.6 is 0 Å². The van der Waals surface area contributed by atoms with Crippen molar-refractivity contribution < 1.29 is 9.90 Å². The van der Waals surface area contributed by atoms with Gasteiger partial charge in [0.15, 0.2) is 0 Å². The summed E-state index contributed by atoms with van der Waals surface area (Å²) < 4.78 is 0. The van der Waals surface area contributed by atoms with Gasteiger partial charge in [-0.3, -0.25) is 4.79 Å². The highest BCUT2D eigenvalue weighted by atomic mass is 16.3. The van der Waals surface area contributed by atoms with Gasteiger partial charge >= 0.3 is 0 Å². The first-order valence-electron chi connectivity index (χ1n) is 6.72. The van der Waals surface area contributed by atoms with E-state index in [-0.39, 0.29) is 17.9 Å². The molecule has 0 fully saturated rings. The minimum Gasteiger partial charge on any atom is -0.396 e. The number of aliphatic hydroxyl groups excluding tert-OH is 1. The first kappa shape index (κ1) is 16.4. The van der Waals surface area contributed by atoms with E-state index in [0.717, 1.165) is 32.2 Å². The zero-order chi connectivity index (χ0) is 13.1. The number of carbonyl (C=O) groups is 1. The lowest BCUT2D eigenvalue weighted by atomic mass is 9.83. The molecule has 0 aromatic heterocycles. The van der Waals surface area contributed by atoms with E-state index in [1.54, 1.807) is 0 Å². The van der Waals surface area contributed by atoms with Crippen LogP contribution in [-0.2, 0) is 4.79 Å². The van der Waals surface area contributed by atoms with Gasteiger partial charge in [0.1, 0.15) is 0 Å². The zero-order valence-electron chi connectivity index (χ0n) is 11.5. The van der Waals surface area contributed by atoms with Crippen LogP contribution in [0.3, 0.4) is 0 Å². The summed E-state index contributed by atoms with van der Waals surface area (Å²) in [5.74, 6) is 0.0393. The summed E-state index contributed by atoms with van der Waals surface area (Å²) in [6.45, 7) is 8.20. The monoisotopic (exact) mass is 244 g/mol. The summed E-state index contributed by atoms with van der Waals surface area (Å²) in [5, 5.41) is 15.4. The number of nitrogens with one attached hydrogen (secondary N) is 2. The van der Waals surface area contributed by atoms with Crippen molar-refractivity contribution in [3.8, 4) is 0 Å². The summed E-state index contributed by atoms with van der Waals surface area (Å²) >= 11 is 0. The molecule has 17 heavy (non-hydrogen) atoms. The third kappa shape index (κ3) is 6.64. The number of aliphatic hydroxyl groups is 1. The summed E-state index contributed by atoms with van der Waals surface area (Å²) in [7, 11) is 0. The molecule has 0 saturated heterocycles. The zero-order valence-corrected chi connectivity index (χ0v) is 11.5. The Morgan fingerprint density at radius 1 is 1.24 bits per heavy atom. The Morgan fingerprint density at radius 3 is 2.35 bits per heavy atom. The predicted molar refractivity (Wildman–Crippen MR) is 70.9 cm³/mol. The van der Waals surface area contributed by atoms with Crippen molar-refractivity contribution in [2.45, 2.75) is 46.5 Å². The van der Waals surface area contributed by atoms with Crippen LogP contribution in [0.2, 0.25) is 0 Å². The molecule has 0 saturated carbocycles. The highest BCUT2D eigenvalue weighted by Crippen LogP contribution is 2.24. The molecule has 0 radical (unpaired) electrons. The van der Waals surface area contributed by atoms with Crippen LogP contribution < -0.4 is 10.6 Å². The van der Waals surface area contributed by atoms with E-state index < -0.39 is 0 Å². The maximum absolute atomic E-state index is 11.4. The molecule has 3 N–H and O–H groups in total. The highest BCUT2D eigenvalue weighted by Gasteiger charge is 2.24. The van der Waals surface area contributed by atoms with Gasteiger partial charge in [-0.25, -0.2) is 0 Å². The topological polar surface area (TPSA) is 61.4 Å². The molecule has 4 nitrogen and oxygen atoms in total. The molecule has 0 atom stereocenters. The fourth-order valence-electron chi connectivity index (χ4n) is 1.69. The van der Waals surface area contributed by atoms with Crippen molar-refractivity contribution in [3.05, 3.63) is 0 Å². The Balaban J connectivity index is 3.77. The van der Waals surface area contributed by atoms with E-state index in [9.17, 15) is 9.90 Å². The third-order valence-electron chi connectivity index (χ3n) is 3.47. The molecule has 0 aliphatic carbocycles. The molecule has 0 aliphatic heterocycles. The second-order valence-corrected chi connectivity index (χ2v) is 4.67. The third-order valence-corrected chi connectivity index (χ3v) is 3.47. The maximum atomic E-state index is 11.4. The van der Waals surface area contributed by atoms with E-state index in [0.29, 0.717) is 13.1 Å². The van der Waals surface area contributed by atoms with Gasteiger partial charge in [0.25, 0.3) is 0 Å². The fraction of sp³-hybridized carbons (Fsp3) is 0.923. The van der Waals surface area contributed by atoms with Crippen molar-refractivity contribution in [2.24, 2.45) is 5.41 Å². The molecule has 0 aromatic rings. The predicted octanol–water partition coefficient (Wildman–Crippen LogP) is 1.29. The molecular weight excluding hydrogens is 216 g/mol. The molecule has 102 valence electrons. The minimum absolute atomic E-state index is 0.0393. The van der Waals surface area contributed by atoms with Crippen LogP contribution in [0.25, 0.3) is 0 Å². The fourth-order valence-corrected chi connectivity index (χ4v) is 1.69. The van der Waals surface area contributed by atoms with Crippen molar-refractivity contribution in [1.82, 2.24) is 10.6 Å². The lowest BCUT2D eigenvalue weighted by molar-refractivity contribution is -0.120. The number of unbranched alkanes of at least 4 members (excludes halogenated alkanes) is 1. The Hall–Kier alpha value is -0.610. The number of hydrogen-bond acceptors (Lipinski definition) is 3. The highest BCUT2D eigenvalue weighted by molar-refractivity contribution is 5.77. The Bertz CT molecular complexity index is 195. The SMILES string of the molecule is CCCCNC(=O)CNCC(CC)(CC)CO. The summed E-state index contributed by atoms with van der Waals surface area (Å²) in [6.07, 6.45) is 3.96. The lowest BCUT2D eigenvalue weighted by Gasteiger charge is -2.29. The van der Waals surface area contributed by atoms with Crippen LogP contribution in [0.1, 0.15) is 46.5 Å². The Morgan fingerprint density at radius 2 is 1.88 bits per heavy atom. The summed E-state index contributed by atoms with van der Waals surface area (Å²) in [4.78, 5) is 11.4. The van der Waals surface area contributed by atoms with Crippen LogP contribution in [0.5, 0.6) is 0 Å². The van der Waals surface area contributed by atoms with Crippen molar-refractivity contribution >= 4 is 5.91 Å². The quantitative estimate of drug-likeness (QED) is 0.508. The second-order valence-electron chi connectivity index (χ2n) is 4.67. The molecule has 4 heteroatoms. The standard InChI is InChI=1S/C13H28N2O2/c1-4-7-8-15-12(17)9-14-10-13(5-2,6-3)11-16/h14,16H,4-11H2,1-3H3,(H,15,17). The molecule has 0 aliphatic rings. The van der Waals surface area contributed by atoms with Crippen LogP contribution in [0, 0.1) is 5.41 Å². The van der Waals surface area contributed by atoms with Gasteiger partial charge in [0.2, 0.25) is 5.91 Å². The molecular formula is C13H28N2O2. The number of hydrogen-bond donors (Lipinski definition) is 3. The molecule has 0 heterocycles. The Kier molecular flexibility index (Phi) is 9.09. The average molecular weight is 244 g/mol. The van der Waals surface area contributed by atoms with Gasteiger partial charge in [-0.05, 0) is 19.3 Å². The van der Waals surface area contributed by atoms with E-state index in [1.807, 2.05) is 0 Å². The second kappa shape index (κ2) is 9.42. The lowest BCUT2D eigenvalue weighted by Crippen LogP contribution is -2.41. The average Bonchev–Trinajstić information content (AvgIpc) is 2.36. The molecule has 1 amide bonds. The van der Waals surface area contributed by atoms with Gasteiger partial charge in [-0.15, -0.1) is 0 Å². The van der Waals surface area contributed by atoms with Gasteiger partial charge in [0, 0.05) is 25.1 Å². The molecule has 0 spiro atoms. The molecule has 0 unspecified atom stereocenters. The first-order valence-corrected chi connectivity index (χ1v) is 6.72. The Labute approximate surface area is 105 Å². The first-order chi connectivity index (χ1) is 8.14. The van der Waals surface area contributed by atoms with Crippen molar-refractivity contribution in [1.29, 1.82) is 0 Å². The number of amides is 1. The van der Waals surface area contributed by atoms with Gasteiger partial charge in [-0.2, -0.15) is 0 Å². The van der Waals surface area contributed by atoms with E-state index >= 15 is 0 Å². The van der Waals surface area contributed by atoms with Crippen molar-refractivity contribution in [2.75, 3.05) is 26.2 Å². The maximum Gasteiger partial charge on any atom is 0.233 e. The van der Waals surface area contributed by atoms with Crippen LogP contribution in [0.15, 0.2) is 0 Å². The molecule has 0 aromatic carbocycles. The van der Waals surface area contributed by atoms with Gasteiger partial charge < -0.3 is 15.7 Å². The minimum atomic E-state index is -0.0797. The normalized spacial score (nSPS) is 11.5.